The van der Waals surface area contributed by atoms with Gasteiger partial charge in [-0.15, -0.1) is 0 Å². The van der Waals surface area contributed by atoms with Gasteiger partial charge in [-0.3, -0.25) is 9.59 Å². The van der Waals surface area contributed by atoms with Crippen molar-refractivity contribution in [2.75, 3.05) is 6.61 Å². The molecule has 4 rings (SSSR count). The van der Waals surface area contributed by atoms with Crippen LogP contribution in [0.1, 0.15) is 38.1 Å². The van der Waals surface area contributed by atoms with Gasteiger partial charge in [0.2, 0.25) is 11.8 Å². The van der Waals surface area contributed by atoms with Gasteiger partial charge in [-0.1, -0.05) is 42.5 Å². The van der Waals surface area contributed by atoms with E-state index in [4.69, 9.17) is 4.74 Å². The zero-order chi connectivity index (χ0) is 22.5. The Balaban J connectivity index is 1.54. The van der Waals surface area contributed by atoms with Crippen molar-refractivity contribution in [1.29, 1.82) is 0 Å². The summed E-state index contributed by atoms with van der Waals surface area (Å²) in [6.07, 6.45) is 1.25. The van der Waals surface area contributed by atoms with Crippen molar-refractivity contribution in [3.63, 3.8) is 0 Å². The Morgan fingerprint density at radius 2 is 1.91 bits per heavy atom. The molecule has 2 heterocycles. The lowest BCUT2D eigenvalue weighted by atomic mass is 10.2. The molecule has 1 fully saturated rings. The first-order chi connectivity index (χ1) is 15.5. The average molecular weight is 435 g/mol. The van der Waals surface area contributed by atoms with Gasteiger partial charge in [-0.25, -0.2) is 4.98 Å². The summed E-state index contributed by atoms with van der Waals surface area (Å²) in [7, 11) is 0. The van der Waals surface area contributed by atoms with Gasteiger partial charge in [0, 0.05) is 19.2 Å². The van der Waals surface area contributed by atoms with Gasteiger partial charge in [0.1, 0.15) is 18.5 Å². The monoisotopic (exact) mass is 434 g/mol. The van der Waals surface area contributed by atoms with Crippen LogP contribution in [0.25, 0.3) is 11.0 Å². The van der Waals surface area contributed by atoms with Crippen LogP contribution in [0.4, 0.5) is 0 Å². The molecule has 1 atom stereocenters. The summed E-state index contributed by atoms with van der Waals surface area (Å²) in [4.78, 5) is 32.4. The van der Waals surface area contributed by atoms with Gasteiger partial charge in [-0.2, -0.15) is 0 Å². The minimum absolute atomic E-state index is 0.0127. The molecule has 1 aliphatic heterocycles. The average Bonchev–Trinajstić information content (AvgIpc) is 3.45. The van der Waals surface area contributed by atoms with Crippen molar-refractivity contribution in [3.8, 4) is 0 Å². The zero-order valence-electron chi connectivity index (χ0n) is 18.7. The number of ether oxygens (including phenoxy) is 1. The highest BCUT2D eigenvalue weighted by atomic mass is 16.5. The lowest BCUT2D eigenvalue weighted by Gasteiger charge is -2.27. The Labute approximate surface area is 188 Å². The molecule has 3 aromatic rings. The lowest BCUT2D eigenvalue weighted by Crippen LogP contribution is -2.39. The first-order valence-electron chi connectivity index (χ1n) is 11.2. The van der Waals surface area contributed by atoms with E-state index < -0.39 is 6.10 Å². The van der Waals surface area contributed by atoms with E-state index in [0.717, 1.165) is 29.4 Å². The number of aromatic nitrogens is 2. The number of hydrogen-bond acceptors (Lipinski definition) is 4. The molecule has 32 heavy (non-hydrogen) atoms. The lowest BCUT2D eigenvalue weighted by molar-refractivity contribution is -0.134. The third kappa shape index (κ3) is 4.99. The van der Waals surface area contributed by atoms with Crippen molar-refractivity contribution in [2.24, 2.45) is 0 Å². The number of nitrogens with one attached hydrogen (secondary N) is 1. The van der Waals surface area contributed by atoms with Gasteiger partial charge in [0.15, 0.2) is 0 Å². The summed E-state index contributed by atoms with van der Waals surface area (Å²) in [5.41, 5.74) is 2.78. The minimum atomic E-state index is -0.392. The molecule has 0 spiro atoms. The van der Waals surface area contributed by atoms with E-state index in [2.05, 4.69) is 10.3 Å². The number of nitrogens with zero attached hydrogens (tertiary/aromatic N) is 3. The molecule has 0 aliphatic carbocycles. The molecule has 1 aliphatic rings. The van der Waals surface area contributed by atoms with Crippen molar-refractivity contribution < 1.29 is 14.3 Å². The second-order valence-corrected chi connectivity index (χ2v) is 8.42. The Bertz CT molecular complexity index is 1070. The first kappa shape index (κ1) is 22.0. The summed E-state index contributed by atoms with van der Waals surface area (Å²) in [5.74, 6) is 0.549. The highest BCUT2D eigenvalue weighted by Gasteiger charge is 2.25. The van der Waals surface area contributed by atoms with E-state index in [1.807, 2.05) is 77.9 Å². The van der Waals surface area contributed by atoms with Crippen molar-refractivity contribution in [3.05, 3.63) is 66.0 Å². The molecule has 1 saturated heterocycles. The van der Waals surface area contributed by atoms with Gasteiger partial charge < -0.3 is 19.5 Å². The zero-order valence-corrected chi connectivity index (χ0v) is 18.7. The summed E-state index contributed by atoms with van der Waals surface area (Å²) in [6, 6.07) is 17.8. The van der Waals surface area contributed by atoms with Crippen LogP contribution in [0.2, 0.25) is 0 Å². The Morgan fingerprint density at radius 3 is 2.62 bits per heavy atom. The Morgan fingerprint density at radius 1 is 1.16 bits per heavy atom. The molecule has 1 aromatic heterocycles. The third-order valence-corrected chi connectivity index (χ3v) is 5.81. The number of para-hydroxylation sites is 2. The fraction of sp³-hybridized carbons (Fsp3) is 0.400. The normalized spacial score (nSPS) is 15.9. The van der Waals surface area contributed by atoms with Crippen molar-refractivity contribution >= 4 is 22.8 Å². The number of hydrogen-bond donors (Lipinski definition) is 1. The van der Waals surface area contributed by atoms with Crippen LogP contribution in [0.3, 0.4) is 0 Å². The van der Waals surface area contributed by atoms with E-state index in [9.17, 15) is 9.59 Å². The number of amides is 2. The number of benzene rings is 2. The minimum Gasteiger partial charge on any atom is -0.368 e. The summed E-state index contributed by atoms with van der Waals surface area (Å²) in [6.45, 7) is 5.63. The van der Waals surface area contributed by atoms with Crippen LogP contribution in [-0.2, 0) is 34.0 Å². The highest BCUT2D eigenvalue weighted by Crippen LogP contribution is 2.18. The Hall–Kier alpha value is -3.19. The topological polar surface area (TPSA) is 76.5 Å². The fourth-order valence-electron chi connectivity index (χ4n) is 4.07. The number of carbonyl (C=O) groups is 2. The largest absolute Gasteiger partial charge is 0.368 e. The molecular formula is C25H30N4O3. The maximum Gasteiger partial charge on any atom is 0.249 e. The molecule has 0 saturated carbocycles. The summed E-state index contributed by atoms with van der Waals surface area (Å²) in [5, 5.41) is 2.94. The third-order valence-electron chi connectivity index (χ3n) is 5.81. The van der Waals surface area contributed by atoms with Crippen LogP contribution >= 0.6 is 0 Å². The molecular weight excluding hydrogens is 404 g/mol. The maximum atomic E-state index is 13.4. The molecule has 1 unspecified atom stereocenters. The van der Waals surface area contributed by atoms with Crippen LogP contribution in [0.5, 0.6) is 0 Å². The van der Waals surface area contributed by atoms with Crippen LogP contribution in [0.15, 0.2) is 54.6 Å². The van der Waals surface area contributed by atoms with Crippen molar-refractivity contribution in [1.82, 2.24) is 19.8 Å². The number of imidazole rings is 1. The summed E-state index contributed by atoms with van der Waals surface area (Å²) >= 11 is 0. The van der Waals surface area contributed by atoms with E-state index in [0.29, 0.717) is 19.0 Å². The van der Waals surface area contributed by atoms with E-state index >= 15 is 0 Å². The standard InChI is InChI=1S/C25H30N4O3/c1-18(2)28(16-19-9-4-3-5-10-19)24(30)17-29-21-12-7-6-11-20(21)27-23(29)15-26-25(31)22-13-8-14-32-22/h3-7,9-12,18,22H,8,13-17H2,1-2H3,(H,26,31). The predicted molar refractivity (Wildman–Crippen MR) is 123 cm³/mol. The van der Waals surface area contributed by atoms with Crippen LogP contribution in [0, 0.1) is 0 Å². The molecule has 2 amide bonds. The molecule has 0 radical (unpaired) electrons. The van der Waals surface area contributed by atoms with Gasteiger partial charge in [0.25, 0.3) is 0 Å². The molecule has 168 valence electrons. The van der Waals surface area contributed by atoms with E-state index in [1.54, 1.807) is 0 Å². The van der Waals surface area contributed by atoms with Gasteiger partial charge in [-0.05, 0) is 44.4 Å². The number of rotatable bonds is 8. The second kappa shape index (κ2) is 9.96. The SMILES string of the molecule is CC(C)N(Cc1ccccc1)C(=O)Cn1c(CNC(=O)C2CCCO2)nc2ccccc21. The van der Waals surface area contributed by atoms with Gasteiger partial charge >= 0.3 is 0 Å². The maximum absolute atomic E-state index is 13.4. The molecule has 1 N–H and O–H groups in total. The number of carbonyl (C=O) groups excluding carboxylic acids is 2. The second-order valence-electron chi connectivity index (χ2n) is 8.42. The fourth-order valence-corrected chi connectivity index (χ4v) is 4.07. The molecule has 7 heteroatoms. The predicted octanol–water partition coefficient (Wildman–Crippen LogP) is 3.27. The highest BCUT2D eigenvalue weighted by molar-refractivity contribution is 5.82. The van der Waals surface area contributed by atoms with Crippen LogP contribution in [-0.4, -0.2) is 45.0 Å². The Kier molecular flexibility index (Phi) is 6.85. The van der Waals surface area contributed by atoms with Crippen LogP contribution < -0.4 is 5.32 Å². The quantitative estimate of drug-likeness (QED) is 0.590. The van der Waals surface area contributed by atoms with E-state index in [-0.39, 0.29) is 30.9 Å². The summed E-state index contributed by atoms with van der Waals surface area (Å²) < 4.78 is 7.38. The molecule has 0 bridgehead atoms. The number of fused-ring (bicyclic) bond motifs is 1. The first-order valence-corrected chi connectivity index (χ1v) is 11.2. The van der Waals surface area contributed by atoms with Crippen molar-refractivity contribution in [2.45, 2.75) is 58.5 Å². The molecule has 2 aromatic carbocycles. The van der Waals surface area contributed by atoms with E-state index in [1.165, 1.54) is 0 Å². The smallest absolute Gasteiger partial charge is 0.249 e. The van der Waals surface area contributed by atoms with Gasteiger partial charge in [0.05, 0.1) is 17.6 Å². The molecule has 7 nitrogen and oxygen atoms in total.